The molecule has 16 aromatic rings. The lowest BCUT2D eigenvalue weighted by atomic mass is 9.62. The standard InChI is InChI=1S/2C23H23FN6O3.C22H21FN6O2.C21H19FN6O2/c2*1-9-26-7-11(8-27-9)33-23-29-20-12-5-17(32)16(31)4-10(12)3-13-14(24)6-15(25-2)21-18(13)19(20)22(28-21)30-23;1-9-25-6-11(7-26-9)31-22-28-19-13-3-10(8-30)12(13)4-14-15(23)5-16(24-2)20-17(14)18(19)21(27-20)29-22;1-8-24-5-9(6-25-8)30-21-27-19-15-10(12(15)7-29)3-11-13(22)4-14(23-2)18-16(11)17(19)20(26-18)28-21/h2*6-8,10,12,16-17,25,31-32H,3-5H2,1-2H3,(H,28,29,30);5-7,10,12-13,24,30H,3-4,8H2,1-2H3,(H,27,28,29);4-6,10,12,15,23,29H,3,7H2,1-2H3,(H,26,27,28)/t10-,12-,16-,17+;10-,12-,16-,17-;10-,12-,13-;10-,12-,15?/m0000/s1. The van der Waals surface area contributed by atoms with Crippen LogP contribution in [0.1, 0.15) is 124 Å². The van der Waals surface area contributed by atoms with Crippen molar-refractivity contribution in [2.24, 2.45) is 35.5 Å². The lowest BCUT2D eigenvalue weighted by Crippen LogP contribution is -2.38. The highest BCUT2D eigenvalue weighted by atomic mass is 19.1. The van der Waals surface area contributed by atoms with Gasteiger partial charge >= 0.3 is 24.0 Å². The predicted molar refractivity (Wildman–Crippen MR) is 459 cm³/mol. The number of aliphatic hydroxyl groups excluding tert-OH is 6. The van der Waals surface area contributed by atoms with E-state index in [1.54, 1.807) is 105 Å². The maximum absolute atomic E-state index is 15.3. The first kappa shape index (κ1) is 80.7. The summed E-state index contributed by atoms with van der Waals surface area (Å²) in [5.74, 6) is 3.18. The Morgan fingerprint density at radius 1 is 0.346 bits per heavy atom. The zero-order valence-electron chi connectivity index (χ0n) is 69.8. The number of aromatic amines is 4. The third-order valence-electron chi connectivity index (χ3n) is 26.8. The molecule has 12 aromatic heterocycles. The summed E-state index contributed by atoms with van der Waals surface area (Å²) >= 11 is 0. The van der Waals surface area contributed by atoms with Crippen molar-refractivity contribution >= 4 is 110 Å². The first-order valence-corrected chi connectivity index (χ1v) is 42.2. The van der Waals surface area contributed by atoms with E-state index in [2.05, 4.69) is 101 Å². The zero-order valence-corrected chi connectivity index (χ0v) is 69.8. The molecule has 14 atom stereocenters. The van der Waals surface area contributed by atoms with Crippen molar-refractivity contribution in [3.05, 3.63) is 165 Å². The fourth-order valence-corrected chi connectivity index (χ4v) is 20.6. The number of aromatic nitrogens is 20. The number of ether oxygens (including phenoxy) is 4. The van der Waals surface area contributed by atoms with E-state index in [1.807, 2.05) is 0 Å². The molecule has 12 heterocycles. The largest absolute Gasteiger partial charge is 0.421 e. The molecule has 650 valence electrons. The van der Waals surface area contributed by atoms with E-state index in [0.717, 1.165) is 83.0 Å². The minimum atomic E-state index is -0.875. The highest BCUT2D eigenvalue weighted by Crippen LogP contribution is 2.61. The van der Waals surface area contributed by atoms with Gasteiger partial charge in [0.15, 0.2) is 23.0 Å². The number of nitrogens with one attached hydrogen (secondary N) is 8. The predicted octanol–water partition coefficient (Wildman–Crippen LogP) is 12.4. The first-order chi connectivity index (χ1) is 61.5. The summed E-state index contributed by atoms with van der Waals surface area (Å²) < 4.78 is 84.2. The maximum atomic E-state index is 15.3. The Bertz CT molecular complexity index is 6900. The minimum Gasteiger partial charge on any atom is -0.421 e. The molecule has 4 saturated carbocycles. The molecular weight excluding hydrogens is 1640 g/mol. The number of benzene rings is 4. The van der Waals surface area contributed by atoms with Crippen molar-refractivity contribution in [2.45, 2.75) is 134 Å². The first-order valence-electron chi connectivity index (χ1n) is 42.2. The summed E-state index contributed by atoms with van der Waals surface area (Å²) in [4.78, 5) is 83.8. The van der Waals surface area contributed by atoms with Crippen molar-refractivity contribution in [3.8, 4) is 47.0 Å². The minimum absolute atomic E-state index is 0.0425. The van der Waals surface area contributed by atoms with Gasteiger partial charge in [0.05, 0.1) is 142 Å². The van der Waals surface area contributed by atoms with Gasteiger partial charge in [-0.15, -0.1) is 0 Å². The Morgan fingerprint density at radius 3 is 0.937 bits per heavy atom. The van der Waals surface area contributed by atoms with Crippen LogP contribution in [0.5, 0.6) is 47.0 Å². The molecule has 14 N–H and O–H groups in total. The number of aryl methyl sites for hydroxylation is 4. The second-order valence-corrected chi connectivity index (χ2v) is 34.0. The van der Waals surface area contributed by atoms with Crippen LogP contribution in [0.25, 0.3) is 87.7 Å². The number of aliphatic hydroxyl groups is 6. The van der Waals surface area contributed by atoms with E-state index in [4.69, 9.17) is 38.9 Å². The molecule has 4 aromatic carbocycles. The number of fused-ring (bicyclic) bond motifs is 8. The van der Waals surface area contributed by atoms with Crippen LogP contribution in [-0.2, 0) is 25.7 Å². The third kappa shape index (κ3) is 13.7. The van der Waals surface area contributed by atoms with Gasteiger partial charge in [-0.3, -0.25) is 0 Å². The van der Waals surface area contributed by atoms with Gasteiger partial charge in [0.1, 0.15) is 69.2 Å². The normalized spacial score (nSPS) is 23.0. The summed E-state index contributed by atoms with van der Waals surface area (Å²) in [6.07, 6.45) is 13.2. The van der Waals surface area contributed by atoms with Crippen molar-refractivity contribution in [1.29, 1.82) is 0 Å². The molecule has 4 fully saturated rings. The second-order valence-electron chi connectivity index (χ2n) is 34.0. The Balaban J connectivity index is 0.000000103. The third-order valence-corrected chi connectivity index (χ3v) is 26.8. The van der Waals surface area contributed by atoms with Gasteiger partial charge in [-0.25, -0.2) is 57.4 Å². The van der Waals surface area contributed by atoms with Gasteiger partial charge in [-0.1, -0.05) is 0 Å². The fraction of sp³-hybridized carbons (Fsp3) is 0.371. The maximum Gasteiger partial charge on any atom is 0.324 e. The van der Waals surface area contributed by atoms with Gasteiger partial charge in [0, 0.05) is 108 Å². The monoisotopic (exact) mass is 1730 g/mol. The summed E-state index contributed by atoms with van der Waals surface area (Å²) in [5.41, 5.74) is 13.4. The van der Waals surface area contributed by atoms with Crippen LogP contribution in [0.4, 0.5) is 40.3 Å². The second kappa shape index (κ2) is 31.3. The number of hydrogen-bond acceptors (Lipinski definition) is 30. The molecule has 24 rings (SSSR count). The van der Waals surface area contributed by atoms with E-state index >= 15 is 17.6 Å². The number of anilines is 4. The summed E-state index contributed by atoms with van der Waals surface area (Å²) in [5, 5.41) is 79.8. The number of rotatable bonds is 14. The molecule has 38 heteroatoms. The molecule has 0 bridgehead atoms. The lowest BCUT2D eigenvalue weighted by Gasteiger charge is -2.43. The molecule has 127 heavy (non-hydrogen) atoms. The number of H-pyrrole nitrogens is 4. The molecule has 0 radical (unpaired) electrons. The quantitative estimate of drug-likeness (QED) is 0.0450. The van der Waals surface area contributed by atoms with E-state index < -0.39 is 24.4 Å². The average molecular weight is 1730 g/mol. The number of nitrogens with zero attached hydrogens (tertiary/aromatic N) is 16. The van der Waals surface area contributed by atoms with Crippen LogP contribution in [0.15, 0.2) is 73.8 Å². The van der Waals surface area contributed by atoms with Gasteiger partial charge < -0.3 is 90.8 Å². The number of hydrogen-bond donors (Lipinski definition) is 14. The van der Waals surface area contributed by atoms with E-state index in [-0.39, 0.29) is 120 Å². The smallest absolute Gasteiger partial charge is 0.324 e. The van der Waals surface area contributed by atoms with Crippen LogP contribution in [0.2, 0.25) is 0 Å². The lowest BCUT2D eigenvalue weighted by molar-refractivity contribution is -0.0339. The Kier molecular flexibility index (Phi) is 19.9. The highest BCUT2D eigenvalue weighted by Gasteiger charge is 2.55. The van der Waals surface area contributed by atoms with Gasteiger partial charge in [-0.05, 0) is 168 Å². The molecule has 34 nitrogen and oxygen atoms in total. The van der Waals surface area contributed by atoms with Crippen LogP contribution in [0, 0.1) is 86.5 Å². The van der Waals surface area contributed by atoms with Gasteiger partial charge in [0.25, 0.3) is 0 Å². The SMILES string of the molecule is CNc1cc(F)c2c3c1[nH]c1nc(Oc4cnc(C)nc4)nc(c13)C1[C@@H](CO)[C@@H]1C2.CNc1cc(F)c2c3c1[nH]c1nc(Oc4cnc(C)nc4)nc(c13)[C@H]1C[C@@H](CO)[C@@H]1C2.CNc1cc(F)c2c3c1[nH]c1nc(Oc4cnc(C)nc4)nc(c13)[C@H]1C[C@@H](O)[C@@H](O)C[C@@H]1C2.CNc1cc(F)c2c3c1[nH]c1nc(Oc4cnc(C)nc4)nc(c13)[C@H]1C[C@H](O)[C@@H](O)C[C@@H]1C2. The Morgan fingerprint density at radius 2 is 0.630 bits per heavy atom. The van der Waals surface area contributed by atoms with Crippen molar-refractivity contribution < 1.29 is 67.1 Å². The fourth-order valence-electron chi connectivity index (χ4n) is 20.6. The summed E-state index contributed by atoms with van der Waals surface area (Å²) in [6.45, 7) is 7.29. The van der Waals surface area contributed by atoms with E-state index in [9.17, 15) is 30.6 Å². The molecule has 0 aliphatic heterocycles. The summed E-state index contributed by atoms with van der Waals surface area (Å²) in [7, 11) is 7.01. The topological polar surface area (TPSA) is 476 Å². The number of halogens is 4. The molecule has 0 spiro atoms. The molecule has 8 aliphatic rings. The molecule has 0 saturated heterocycles. The van der Waals surface area contributed by atoms with E-state index in [1.165, 1.54) is 24.3 Å². The van der Waals surface area contributed by atoms with Crippen LogP contribution >= 0.6 is 0 Å². The summed E-state index contributed by atoms with van der Waals surface area (Å²) in [6, 6.07) is 6.60. The Hall–Kier alpha value is -13.4. The van der Waals surface area contributed by atoms with Crippen molar-refractivity contribution in [1.82, 2.24) is 99.7 Å². The Labute approximate surface area is 718 Å². The molecular formula is C89H86F4N24O10. The molecule has 1 unspecified atom stereocenters. The van der Waals surface area contributed by atoms with Crippen molar-refractivity contribution in [2.75, 3.05) is 62.7 Å². The van der Waals surface area contributed by atoms with Crippen LogP contribution < -0.4 is 40.2 Å². The van der Waals surface area contributed by atoms with Gasteiger partial charge in [-0.2, -0.15) is 39.9 Å². The average Bonchev–Trinajstić information content (AvgIpc) is 1.59. The van der Waals surface area contributed by atoms with Crippen LogP contribution in [-0.4, -0.2) is 196 Å². The van der Waals surface area contributed by atoms with Crippen molar-refractivity contribution in [3.63, 3.8) is 0 Å². The highest BCUT2D eigenvalue weighted by molar-refractivity contribution is 6.17. The molecule has 0 amide bonds. The van der Waals surface area contributed by atoms with Crippen LogP contribution in [0.3, 0.4) is 0 Å². The van der Waals surface area contributed by atoms with E-state index in [0.29, 0.717) is 177 Å². The zero-order chi connectivity index (χ0) is 87.5. The van der Waals surface area contributed by atoms with Gasteiger partial charge in [0.2, 0.25) is 0 Å². The molecule has 8 aliphatic carbocycles.